The number of sulfone groups is 1. The van der Waals surface area contributed by atoms with Crippen LogP contribution in [0.25, 0.3) is 22.3 Å². The molecule has 0 saturated heterocycles. The zero-order valence-electron chi connectivity index (χ0n) is 35.3. The number of hydrogen-bond acceptors (Lipinski definition) is 10. The van der Waals surface area contributed by atoms with Gasteiger partial charge in [-0.3, -0.25) is 24.0 Å². The minimum absolute atomic E-state index is 0.00188. The average Bonchev–Trinajstić information content (AvgIpc) is 3.23. The molecule has 328 valence electrons. The number of nitrogens with two attached hydrogens (primary N) is 1. The van der Waals surface area contributed by atoms with Gasteiger partial charge in [0.1, 0.15) is 17.5 Å². The second-order valence-corrected chi connectivity index (χ2v) is 18.7. The Balaban J connectivity index is 1.49. The SMILES string of the molecule is C[C@@H]1CC(=O)[C@@H](N(C)C(=O)[C@H](CCCCN)CC(=O)c2ccc(-c3ccc(Cl)cc3)cc2)c2ccc(O)c(c2)-c2cc(ccc2O)C[C@@H](C(=O)C[C@@H](C)/C=C\S(C)(=O)=O)NC1=O. The van der Waals surface area contributed by atoms with E-state index in [1.54, 1.807) is 50.2 Å². The molecule has 1 aliphatic heterocycles. The summed E-state index contributed by atoms with van der Waals surface area (Å²) in [4.78, 5) is 71.8. The van der Waals surface area contributed by atoms with E-state index in [1.165, 1.54) is 42.3 Å². The molecule has 1 heterocycles. The predicted molar refractivity (Wildman–Crippen MR) is 240 cm³/mol. The van der Waals surface area contributed by atoms with E-state index in [4.69, 9.17) is 17.3 Å². The number of phenolic OH excluding ortho intramolecular Hbond substituents is 2. The maximum absolute atomic E-state index is 14.6. The number of Topliss-reactive ketones (excluding diaryl/α,β-unsaturated/α-hetero) is 3. The van der Waals surface area contributed by atoms with Crippen molar-refractivity contribution in [3.05, 3.63) is 118 Å². The third-order valence-corrected chi connectivity index (χ3v) is 12.1. The Labute approximate surface area is 368 Å². The van der Waals surface area contributed by atoms with Gasteiger partial charge < -0.3 is 26.2 Å². The number of carbonyl (C=O) groups is 5. The van der Waals surface area contributed by atoms with Gasteiger partial charge in [-0.25, -0.2) is 8.42 Å². The van der Waals surface area contributed by atoms with Crippen LogP contribution in [0.5, 0.6) is 11.5 Å². The Morgan fingerprint density at radius 2 is 1.50 bits per heavy atom. The molecule has 0 spiro atoms. The van der Waals surface area contributed by atoms with E-state index in [9.17, 15) is 42.6 Å². The second kappa shape index (κ2) is 21.0. The minimum atomic E-state index is -3.44. The Kier molecular flexibility index (Phi) is 16.0. The summed E-state index contributed by atoms with van der Waals surface area (Å²) in [5, 5.41) is 26.7. The molecule has 14 heteroatoms. The number of phenols is 2. The topological polar surface area (TPSA) is 201 Å². The lowest BCUT2D eigenvalue weighted by atomic mass is 9.87. The molecule has 12 nitrogen and oxygen atoms in total. The second-order valence-electron chi connectivity index (χ2n) is 16.3. The van der Waals surface area contributed by atoms with Gasteiger partial charge in [-0.1, -0.05) is 86.5 Å². The van der Waals surface area contributed by atoms with Gasteiger partial charge in [0.2, 0.25) is 11.8 Å². The molecular formula is C48H54ClN3O9S. The molecule has 0 fully saturated rings. The highest BCUT2D eigenvalue weighted by atomic mass is 35.5. The van der Waals surface area contributed by atoms with Gasteiger partial charge in [0.05, 0.1) is 6.04 Å². The number of halogens is 1. The van der Waals surface area contributed by atoms with E-state index in [-0.39, 0.29) is 59.9 Å². The van der Waals surface area contributed by atoms with Crippen LogP contribution < -0.4 is 11.1 Å². The summed E-state index contributed by atoms with van der Waals surface area (Å²) in [6.07, 6.45) is 3.33. The fourth-order valence-electron chi connectivity index (χ4n) is 7.69. The molecule has 0 aliphatic carbocycles. The Morgan fingerprint density at radius 3 is 2.13 bits per heavy atom. The van der Waals surface area contributed by atoms with Crippen LogP contribution in [0.3, 0.4) is 0 Å². The average molecular weight is 884 g/mol. The maximum Gasteiger partial charge on any atom is 0.226 e. The number of ketones is 3. The van der Waals surface area contributed by atoms with Crippen LogP contribution in [0.2, 0.25) is 5.02 Å². The van der Waals surface area contributed by atoms with Gasteiger partial charge >= 0.3 is 0 Å². The summed E-state index contributed by atoms with van der Waals surface area (Å²) in [7, 11) is -1.97. The molecule has 0 saturated carbocycles. The Hall–Kier alpha value is -5.63. The summed E-state index contributed by atoms with van der Waals surface area (Å²) in [5.74, 6) is -4.93. The summed E-state index contributed by atoms with van der Waals surface area (Å²) < 4.78 is 23.4. The quantitative estimate of drug-likeness (QED) is 0.0689. The Bertz CT molecular complexity index is 2430. The van der Waals surface area contributed by atoms with Gasteiger partial charge in [-0.2, -0.15) is 0 Å². The van der Waals surface area contributed by atoms with Crippen molar-refractivity contribution in [2.75, 3.05) is 19.8 Å². The number of carbonyl (C=O) groups excluding carboxylic acids is 5. The van der Waals surface area contributed by atoms with Crippen LogP contribution in [0, 0.1) is 17.8 Å². The van der Waals surface area contributed by atoms with Crippen molar-refractivity contribution in [1.82, 2.24) is 10.2 Å². The monoisotopic (exact) mass is 883 g/mol. The van der Waals surface area contributed by atoms with Gasteiger partial charge in [-0.15, -0.1) is 0 Å². The third-order valence-electron chi connectivity index (χ3n) is 11.2. The number of nitrogens with zero attached hydrogens (tertiary/aromatic N) is 1. The van der Waals surface area contributed by atoms with Crippen LogP contribution in [0.4, 0.5) is 0 Å². The van der Waals surface area contributed by atoms with E-state index >= 15 is 0 Å². The molecule has 62 heavy (non-hydrogen) atoms. The van der Waals surface area contributed by atoms with Crippen molar-refractivity contribution in [3.63, 3.8) is 0 Å². The fourth-order valence-corrected chi connectivity index (χ4v) is 8.37. The fraction of sp³-hybridized carbons (Fsp3) is 0.354. The lowest BCUT2D eigenvalue weighted by Crippen LogP contribution is -2.46. The number of unbranched alkanes of at least 4 members (excludes halogenated alkanes) is 1. The lowest BCUT2D eigenvalue weighted by molar-refractivity contribution is -0.142. The molecule has 0 unspecified atom stereocenters. The minimum Gasteiger partial charge on any atom is -0.507 e. The van der Waals surface area contributed by atoms with E-state index in [0.717, 1.165) is 22.8 Å². The first-order chi connectivity index (χ1) is 29.3. The standard InChI is InChI=1S/C48H54ClN3O9S/c1-29(20-22-62(4,60)61)23-44(56)40-26-31-8-18-41(53)38(25-31)39-27-35(15-19-42(39)54)46(45(57)24-30(2)47(58)51-40)52(3)48(59)36(7-5-6-21-50)28-43(55)34-11-9-32(10-12-34)33-13-16-37(49)17-14-33/h8-20,22,25,27,29-30,36,40,46,53-54H,5-7,21,23-24,26,28,50H2,1-4H3,(H,51,58)/b22-20-/t29-,30+,36+,40-,46-/m0/s1. The Morgan fingerprint density at radius 1 is 0.887 bits per heavy atom. The van der Waals surface area contributed by atoms with E-state index in [0.29, 0.717) is 47.5 Å². The van der Waals surface area contributed by atoms with Gasteiger partial charge in [0.25, 0.3) is 0 Å². The first kappa shape index (κ1) is 47.4. The predicted octanol–water partition coefficient (Wildman–Crippen LogP) is 7.39. The van der Waals surface area contributed by atoms with Crippen LogP contribution in [0.15, 0.2) is 96.4 Å². The number of aromatic hydroxyl groups is 2. The first-order valence-electron chi connectivity index (χ1n) is 20.6. The molecule has 0 radical (unpaired) electrons. The summed E-state index contributed by atoms with van der Waals surface area (Å²) in [5.41, 5.74) is 9.21. The third kappa shape index (κ3) is 12.5. The molecule has 5 N–H and O–H groups in total. The zero-order chi connectivity index (χ0) is 45.3. The molecule has 1 aliphatic rings. The van der Waals surface area contributed by atoms with Crippen molar-refractivity contribution in [2.24, 2.45) is 23.5 Å². The number of rotatable bonds is 15. The van der Waals surface area contributed by atoms with Crippen molar-refractivity contribution < 1.29 is 42.6 Å². The van der Waals surface area contributed by atoms with Crippen LogP contribution in [0.1, 0.15) is 79.9 Å². The largest absolute Gasteiger partial charge is 0.507 e. The van der Waals surface area contributed by atoms with Gasteiger partial charge in [-0.05, 0) is 90.4 Å². The molecule has 2 amide bonds. The molecule has 5 atom stereocenters. The highest BCUT2D eigenvalue weighted by molar-refractivity contribution is 7.93. The van der Waals surface area contributed by atoms with Crippen molar-refractivity contribution in [3.8, 4) is 33.8 Å². The van der Waals surface area contributed by atoms with E-state index in [1.807, 2.05) is 24.3 Å². The van der Waals surface area contributed by atoms with Crippen molar-refractivity contribution in [1.29, 1.82) is 0 Å². The molecule has 4 bridgehead atoms. The number of hydrogen-bond donors (Lipinski definition) is 4. The lowest BCUT2D eigenvalue weighted by Gasteiger charge is -2.32. The van der Waals surface area contributed by atoms with Gasteiger partial charge in [0.15, 0.2) is 27.2 Å². The van der Waals surface area contributed by atoms with Crippen molar-refractivity contribution >= 4 is 50.6 Å². The number of allylic oxidation sites excluding steroid dienone is 1. The van der Waals surface area contributed by atoms with Crippen LogP contribution in [-0.2, 0) is 35.4 Å². The van der Waals surface area contributed by atoms with E-state index in [2.05, 4.69) is 5.32 Å². The number of nitrogens with one attached hydrogen (secondary N) is 1. The number of amides is 2. The maximum atomic E-state index is 14.6. The number of likely N-dealkylation sites (N-methyl/N-ethyl adjacent to an activating group) is 1. The van der Waals surface area contributed by atoms with Crippen molar-refractivity contribution in [2.45, 2.75) is 70.9 Å². The van der Waals surface area contributed by atoms with Crippen LogP contribution >= 0.6 is 11.6 Å². The highest BCUT2D eigenvalue weighted by Crippen LogP contribution is 2.40. The number of benzene rings is 4. The molecule has 0 aromatic heterocycles. The van der Waals surface area contributed by atoms with Crippen LogP contribution in [-0.4, -0.2) is 78.6 Å². The number of fused-ring (bicyclic) bond motifs is 5. The first-order valence-corrected chi connectivity index (χ1v) is 22.9. The molecular weight excluding hydrogens is 830 g/mol. The van der Waals surface area contributed by atoms with Gasteiger partial charge in [0, 0.05) is 71.5 Å². The normalized spacial score (nSPS) is 18.1. The summed E-state index contributed by atoms with van der Waals surface area (Å²) in [6.45, 7) is 3.61. The zero-order valence-corrected chi connectivity index (χ0v) is 36.9. The molecule has 4 aromatic rings. The summed E-state index contributed by atoms with van der Waals surface area (Å²) >= 11 is 6.05. The smallest absolute Gasteiger partial charge is 0.226 e. The van der Waals surface area contributed by atoms with E-state index < -0.39 is 57.3 Å². The highest BCUT2D eigenvalue weighted by Gasteiger charge is 2.36. The molecule has 4 aromatic carbocycles. The molecule has 5 rings (SSSR count). The summed E-state index contributed by atoms with van der Waals surface area (Å²) in [6, 6.07) is 21.0.